The summed E-state index contributed by atoms with van der Waals surface area (Å²) in [5.74, 6) is 2.74. The zero-order chi connectivity index (χ0) is 9.64. The Kier molecular flexibility index (Phi) is 2.46. The van der Waals surface area contributed by atoms with Crippen LogP contribution in [0, 0.1) is 17.8 Å². The van der Waals surface area contributed by atoms with Crippen molar-refractivity contribution in [1.29, 1.82) is 0 Å². The summed E-state index contributed by atoms with van der Waals surface area (Å²) in [6.45, 7) is 4.55. The van der Waals surface area contributed by atoms with E-state index in [2.05, 4.69) is 26.5 Å². The minimum Gasteiger partial charge on any atom is -0.176 e. The SMILES string of the molecule is [B]C1(C)CC2CC(C)CC2CC1S. The van der Waals surface area contributed by atoms with Crippen LogP contribution in [0.2, 0.25) is 5.31 Å². The standard InChI is InChI=1S/C11H19BS/c1-7-3-8-5-10(13)11(2,12)6-9(8)4-7/h7-10,13H,3-6H2,1-2H3. The Morgan fingerprint density at radius 1 is 1.23 bits per heavy atom. The lowest BCUT2D eigenvalue weighted by Crippen LogP contribution is -2.33. The van der Waals surface area contributed by atoms with Crippen molar-refractivity contribution in [2.24, 2.45) is 17.8 Å². The minimum atomic E-state index is -0.0195. The molecule has 13 heavy (non-hydrogen) atoms. The predicted octanol–water partition coefficient (Wildman–Crippen LogP) is 3.09. The Hall–Kier alpha value is 0.415. The molecule has 2 aliphatic carbocycles. The van der Waals surface area contributed by atoms with E-state index in [9.17, 15) is 0 Å². The summed E-state index contributed by atoms with van der Waals surface area (Å²) >= 11 is 4.63. The van der Waals surface area contributed by atoms with Crippen molar-refractivity contribution in [3.8, 4) is 0 Å². The molecule has 0 spiro atoms. The summed E-state index contributed by atoms with van der Waals surface area (Å²) < 4.78 is 0. The van der Waals surface area contributed by atoms with Gasteiger partial charge < -0.3 is 0 Å². The van der Waals surface area contributed by atoms with Crippen LogP contribution in [0.25, 0.3) is 0 Å². The third kappa shape index (κ3) is 1.79. The van der Waals surface area contributed by atoms with E-state index in [4.69, 9.17) is 7.85 Å². The van der Waals surface area contributed by atoms with Gasteiger partial charge in [0.1, 0.15) is 0 Å². The molecule has 0 nitrogen and oxygen atoms in total. The summed E-state index contributed by atoms with van der Waals surface area (Å²) in [6.07, 6.45) is 5.25. The molecule has 2 fully saturated rings. The molecular weight excluding hydrogens is 175 g/mol. The first-order valence-corrected chi connectivity index (χ1v) is 5.97. The van der Waals surface area contributed by atoms with Crippen LogP contribution in [-0.2, 0) is 0 Å². The molecule has 2 rings (SSSR count). The third-order valence-electron chi connectivity index (χ3n) is 4.07. The van der Waals surface area contributed by atoms with Crippen LogP contribution in [0.5, 0.6) is 0 Å². The van der Waals surface area contributed by atoms with E-state index < -0.39 is 0 Å². The minimum absolute atomic E-state index is 0.0195. The van der Waals surface area contributed by atoms with Gasteiger partial charge >= 0.3 is 0 Å². The van der Waals surface area contributed by atoms with Gasteiger partial charge in [0, 0.05) is 0 Å². The first-order valence-electron chi connectivity index (χ1n) is 5.46. The lowest BCUT2D eigenvalue weighted by Gasteiger charge is -2.42. The average molecular weight is 194 g/mol. The van der Waals surface area contributed by atoms with Crippen LogP contribution in [0.3, 0.4) is 0 Å². The second kappa shape index (κ2) is 3.22. The fourth-order valence-electron chi connectivity index (χ4n) is 3.31. The van der Waals surface area contributed by atoms with Crippen LogP contribution in [-0.4, -0.2) is 13.1 Å². The highest BCUT2D eigenvalue weighted by Crippen LogP contribution is 2.54. The summed E-state index contributed by atoms with van der Waals surface area (Å²) in [5, 5.41) is 0.396. The quantitative estimate of drug-likeness (QED) is 0.444. The molecule has 0 amide bonds. The maximum Gasteiger partial charge on any atom is 0.0757 e. The fourth-order valence-corrected chi connectivity index (χ4v) is 3.69. The van der Waals surface area contributed by atoms with Gasteiger partial charge in [-0.1, -0.05) is 25.6 Å². The van der Waals surface area contributed by atoms with E-state index in [1.165, 1.54) is 25.7 Å². The largest absolute Gasteiger partial charge is 0.176 e. The number of hydrogen-bond acceptors (Lipinski definition) is 1. The molecule has 0 aromatic rings. The highest BCUT2D eigenvalue weighted by atomic mass is 32.1. The van der Waals surface area contributed by atoms with Crippen molar-refractivity contribution in [1.82, 2.24) is 0 Å². The third-order valence-corrected chi connectivity index (χ3v) is 4.87. The van der Waals surface area contributed by atoms with Gasteiger partial charge in [0.05, 0.1) is 7.85 Å². The molecule has 0 N–H and O–H groups in total. The molecule has 2 heteroatoms. The monoisotopic (exact) mass is 194 g/mol. The Morgan fingerprint density at radius 3 is 2.54 bits per heavy atom. The van der Waals surface area contributed by atoms with Crippen molar-refractivity contribution in [2.45, 2.75) is 50.1 Å². The average Bonchev–Trinajstić information content (AvgIpc) is 2.29. The fraction of sp³-hybridized carbons (Fsp3) is 1.00. The predicted molar refractivity (Wildman–Crippen MR) is 61.5 cm³/mol. The van der Waals surface area contributed by atoms with E-state index in [1.807, 2.05) is 0 Å². The lowest BCUT2D eigenvalue weighted by atomic mass is 9.57. The van der Waals surface area contributed by atoms with Gasteiger partial charge in [-0.15, -0.1) is 0 Å². The molecule has 0 aliphatic heterocycles. The van der Waals surface area contributed by atoms with Gasteiger partial charge in [0.2, 0.25) is 0 Å². The molecular formula is C11H19BS. The summed E-state index contributed by atoms with van der Waals surface area (Å²) in [7, 11) is 6.25. The number of rotatable bonds is 0. The Labute approximate surface area is 88.7 Å². The van der Waals surface area contributed by atoms with Crippen molar-refractivity contribution in [3.05, 3.63) is 0 Å². The molecule has 5 atom stereocenters. The van der Waals surface area contributed by atoms with Gasteiger partial charge in [-0.3, -0.25) is 0 Å². The number of fused-ring (bicyclic) bond motifs is 1. The van der Waals surface area contributed by atoms with Crippen LogP contribution >= 0.6 is 12.6 Å². The smallest absolute Gasteiger partial charge is 0.0757 e. The van der Waals surface area contributed by atoms with Gasteiger partial charge in [0.25, 0.3) is 0 Å². The van der Waals surface area contributed by atoms with E-state index in [0.717, 1.165) is 17.8 Å². The molecule has 0 heterocycles. The molecule has 0 aromatic heterocycles. The summed E-state index contributed by atoms with van der Waals surface area (Å²) in [6, 6.07) is 0. The Balaban J connectivity index is 2.08. The normalized spacial score (nSPS) is 56.2. The van der Waals surface area contributed by atoms with Gasteiger partial charge in [0.15, 0.2) is 0 Å². The van der Waals surface area contributed by atoms with Crippen molar-refractivity contribution in [2.75, 3.05) is 0 Å². The van der Waals surface area contributed by atoms with Crippen molar-refractivity contribution in [3.63, 3.8) is 0 Å². The lowest BCUT2D eigenvalue weighted by molar-refractivity contribution is 0.240. The molecule has 0 saturated heterocycles. The van der Waals surface area contributed by atoms with E-state index in [1.54, 1.807) is 0 Å². The van der Waals surface area contributed by atoms with Crippen LogP contribution < -0.4 is 0 Å². The second-order valence-corrected chi connectivity index (χ2v) is 6.18. The van der Waals surface area contributed by atoms with Gasteiger partial charge in [-0.2, -0.15) is 12.6 Å². The molecule has 2 aliphatic rings. The molecule has 0 aromatic carbocycles. The Morgan fingerprint density at radius 2 is 1.85 bits per heavy atom. The number of hydrogen-bond donors (Lipinski definition) is 1. The first-order chi connectivity index (χ1) is 5.99. The zero-order valence-electron chi connectivity index (χ0n) is 8.66. The molecule has 2 radical (unpaired) electrons. The van der Waals surface area contributed by atoms with E-state index in [0.29, 0.717) is 5.25 Å². The topological polar surface area (TPSA) is 0 Å². The highest BCUT2D eigenvalue weighted by Gasteiger charge is 2.43. The van der Waals surface area contributed by atoms with E-state index >= 15 is 0 Å². The van der Waals surface area contributed by atoms with Crippen molar-refractivity contribution < 1.29 is 0 Å². The van der Waals surface area contributed by atoms with Crippen LogP contribution in [0.15, 0.2) is 0 Å². The molecule has 72 valence electrons. The molecule has 0 bridgehead atoms. The summed E-state index contributed by atoms with van der Waals surface area (Å²) in [5.41, 5.74) is 0. The Bertz CT molecular complexity index is 202. The first kappa shape index (κ1) is 9.95. The van der Waals surface area contributed by atoms with Crippen LogP contribution in [0.1, 0.15) is 39.5 Å². The maximum absolute atomic E-state index is 6.25. The van der Waals surface area contributed by atoms with Gasteiger partial charge in [-0.25, -0.2) is 0 Å². The second-order valence-electron chi connectivity index (χ2n) is 5.56. The number of thiol groups is 1. The molecule has 2 saturated carbocycles. The van der Waals surface area contributed by atoms with Gasteiger partial charge in [-0.05, 0) is 42.3 Å². The maximum atomic E-state index is 6.25. The highest BCUT2D eigenvalue weighted by molar-refractivity contribution is 7.81. The zero-order valence-corrected chi connectivity index (χ0v) is 9.56. The van der Waals surface area contributed by atoms with E-state index in [-0.39, 0.29) is 5.31 Å². The summed E-state index contributed by atoms with van der Waals surface area (Å²) in [4.78, 5) is 0. The molecule has 5 unspecified atom stereocenters. The van der Waals surface area contributed by atoms with Crippen molar-refractivity contribution >= 4 is 20.5 Å². The van der Waals surface area contributed by atoms with Crippen LogP contribution in [0.4, 0.5) is 0 Å².